The molecule has 0 saturated carbocycles. The van der Waals surface area contributed by atoms with Crippen molar-refractivity contribution < 1.29 is 13.2 Å². The van der Waals surface area contributed by atoms with Crippen molar-refractivity contribution in [1.82, 2.24) is 20.0 Å². The lowest BCUT2D eigenvalue weighted by molar-refractivity contribution is -0.0262. The Balaban J connectivity index is 1.75. The quantitative estimate of drug-likeness (QED) is 0.443. The van der Waals surface area contributed by atoms with E-state index in [1.54, 1.807) is 25.2 Å². The number of aromatic amines is 1. The average Bonchev–Trinajstić information content (AvgIpc) is 3.19. The van der Waals surface area contributed by atoms with E-state index in [4.69, 9.17) is 17.3 Å². The molecule has 0 amide bonds. The predicted molar refractivity (Wildman–Crippen MR) is 125 cm³/mol. The molecule has 1 saturated heterocycles. The van der Waals surface area contributed by atoms with Crippen molar-refractivity contribution in [1.29, 1.82) is 5.26 Å². The maximum Gasteiger partial charge on any atom is 0.282 e. The first-order valence-electron chi connectivity index (χ1n) is 10.4. The fourth-order valence-corrected chi connectivity index (χ4v) is 4.57. The molecule has 1 aliphatic heterocycles. The molecule has 2 aromatic carbocycles. The lowest BCUT2D eigenvalue weighted by Gasteiger charge is -2.41. The van der Waals surface area contributed by atoms with Gasteiger partial charge in [0.1, 0.15) is 6.07 Å². The molecule has 0 bridgehead atoms. The Labute approximate surface area is 201 Å². The molecule has 8 nitrogen and oxygen atoms in total. The molecule has 3 heterocycles. The van der Waals surface area contributed by atoms with Crippen LogP contribution in [0.4, 0.5) is 18.9 Å². The standard InChI is InChI=1S/C23H17ClF3N7O/c1-33-21(19-14(6-28)18(5-16(24)20(19)25)34-9-23(26,27)10-34)15(8-30-33)11-2-3-12-13(4-11)17(7-29)31-32-22(12)35/h2-5,8H,7,9-10,29H2,1H3,(H,32,35). The molecule has 0 atom stereocenters. The van der Waals surface area contributed by atoms with Crippen LogP contribution in [0, 0.1) is 17.1 Å². The molecular formula is C23H17ClF3N7O. The Morgan fingerprint density at radius 2 is 2.03 bits per heavy atom. The number of nitrogens with two attached hydrogens (primary N) is 1. The molecule has 2 aromatic heterocycles. The number of anilines is 1. The van der Waals surface area contributed by atoms with E-state index in [0.717, 1.165) is 0 Å². The van der Waals surface area contributed by atoms with Crippen molar-refractivity contribution in [2.75, 3.05) is 18.0 Å². The van der Waals surface area contributed by atoms with Gasteiger partial charge < -0.3 is 10.6 Å². The van der Waals surface area contributed by atoms with Crippen molar-refractivity contribution in [3.05, 3.63) is 62.9 Å². The molecule has 5 rings (SSSR count). The summed E-state index contributed by atoms with van der Waals surface area (Å²) in [5, 5.41) is 21.1. The van der Waals surface area contributed by atoms with E-state index in [0.29, 0.717) is 27.6 Å². The molecule has 0 spiro atoms. The zero-order valence-electron chi connectivity index (χ0n) is 18.2. The number of rotatable bonds is 4. The van der Waals surface area contributed by atoms with E-state index >= 15 is 4.39 Å². The van der Waals surface area contributed by atoms with Crippen LogP contribution in [0.3, 0.4) is 0 Å². The fraction of sp³-hybridized carbons (Fsp3) is 0.217. The van der Waals surface area contributed by atoms with Gasteiger partial charge in [-0.3, -0.25) is 9.48 Å². The first-order valence-corrected chi connectivity index (χ1v) is 10.8. The number of hydrogen-bond donors (Lipinski definition) is 2. The van der Waals surface area contributed by atoms with Gasteiger partial charge in [-0.2, -0.15) is 15.5 Å². The minimum absolute atomic E-state index is 0.0714. The van der Waals surface area contributed by atoms with E-state index in [-0.39, 0.29) is 39.6 Å². The summed E-state index contributed by atoms with van der Waals surface area (Å²) < 4.78 is 43.9. The maximum absolute atomic E-state index is 15.5. The summed E-state index contributed by atoms with van der Waals surface area (Å²) in [5.74, 6) is -3.77. The molecule has 178 valence electrons. The molecule has 35 heavy (non-hydrogen) atoms. The van der Waals surface area contributed by atoms with E-state index < -0.39 is 24.8 Å². The average molecular weight is 500 g/mol. The Kier molecular flexibility index (Phi) is 5.30. The van der Waals surface area contributed by atoms with Crippen molar-refractivity contribution in [3.63, 3.8) is 0 Å². The number of nitriles is 1. The number of alkyl halides is 2. The first-order chi connectivity index (χ1) is 16.6. The van der Waals surface area contributed by atoms with Crippen molar-refractivity contribution >= 4 is 28.1 Å². The first kappa shape index (κ1) is 22.9. The van der Waals surface area contributed by atoms with Gasteiger partial charge >= 0.3 is 0 Å². The second-order valence-electron chi connectivity index (χ2n) is 8.26. The van der Waals surface area contributed by atoms with Gasteiger partial charge in [0.05, 0.1) is 57.9 Å². The molecule has 0 aliphatic carbocycles. The highest BCUT2D eigenvalue weighted by atomic mass is 35.5. The number of fused-ring (bicyclic) bond motifs is 1. The van der Waals surface area contributed by atoms with Crippen LogP contribution in [0.15, 0.2) is 35.3 Å². The molecule has 3 N–H and O–H groups in total. The van der Waals surface area contributed by atoms with Crippen LogP contribution in [0.2, 0.25) is 5.02 Å². The molecule has 1 fully saturated rings. The second-order valence-corrected chi connectivity index (χ2v) is 8.67. The molecule has 0 unspecified atom stereocenters. The Morgan fingerprint density at radius 1 is 1.29 bits per heavy atom. The van der Waals surface area contributed by atoms with Crippen molar-refractivity contribution in [3.8, 4) is 28.5 Å². The summed E-state index contributed by atoms with van der Waals surface area (Å²) in [5.41, 5.74) is 6.90. The van der Waals surface area contributed by atoms with Gasteiger partial charge in [0.15, 0.2) is 5.82 Å². The topological polar surface area (TPSA) is 117 Å². The number of hydrogen-bond acceptors (Lipinski definition) is 6. The van der Waals surface area contributed by atoms with Crippen LogP contribution in [-0.2, 0) is 13.6 Å². The monoisotopic (exact) mass is 499 g/mol. The third-order valence-electron chi connectivity index (χ3n) is 6.04. The smallest absolute Gasteiger partial charge is 0.282 e. The summed E-state index contributed by atoms with van der Waals surface area (Å²) in [6.07, 6.45) is 1.48. The molecular weight excluding hydrogens is 483 g/mol. The third kappa shape index (κ3) is 3.62. The predicted octanol–water partition coefficient (Wildman–Crippen LogP) is 3.57. The molecule has 0 radical (unpaired) electrons. The van der Waals surface area contributed by atoms with E-state index in [1.807, 2.05) is 6.07 Å². The van der Waals surface area contributed by atoms with Gasteiger partial charge in [0.2, 0.25) is 0 Å². The molecule has 1 aliphatic rings. The highest BCUT2D eigenvalue weighted by molar-refractivity contribution is 6.31. The van der Waals surface area contributed by atoms with Crippen LogP contribution in [-0.4, -0.2) is 39.0 Å². The fourth-order valence-electron chi connectivity index (χ4n) is 4.37. The van der Waals surface area contributed by atoms with Crippen molar-refractivity contribution in [2.45, 2.75) is 12.5 Å². The Morgan fingerprint density at radius 3 is 2.69 bits per heavy atom. The molecule has 12 heteroatoms. The zero-order valence-corrected chi connectivity index (χ0v) is 19.0. The summed E-state index contributed by atoms with van der Waals surface area (Å²) in [7, 11) is 1.57. The normalized spacial score (nSPS) is 14.7. The van der Waals surface area contributed by atoms with Gasteiger partial charge in [0.25, 0.3) is 11.5 Å². The van der Waals surface area contributed by atoms with Gasteiger partial charge in [-0.1, -0.05) is 17.7 Å². The van der Waals surface area contributed by atoms with E-state index in [9.17, 15) is 18.8 Å². The number of aromatic nitrogens is 4. The number of aryl methyl sites for hydroxylation is 1. The van der Waals surface area contributed by atoms with Crippen molar-refractivity contribution in [2.24, 2.45) is 12.8 Å². The zero-order chi connectivity index (χ0) is 25.1. The summed E-state index contributed by atoms with van der Waals surface area (Å²) >= 11 is 6.16. The van der Waals surface area contributed by atoms with Crippen LogP contribution in [0.1, 0.15) is 11.3 Å². The number of nitrogens with zero attached hydrogens (tertiary/aromatic N) is 5. The SMILES string of the molecule is Cn1ncc(-c2ccc3c(=O)[nH]nc(CN)c3c2)c1-c1c(F)c(Cl)cc(N2CC(F)(F)C2)c1C#N. The Hall–Kier alpha value is -3.88. The number of nitrogens with one attached hydrogen (secondary N) is 1. The summed E-state index contributed by atoms with van der Waals surface area (Å²) in [6.45, 7) is -1.13. The third-order valence-corrected chi connectivity index (χ3v) is 6.32. The minimum atomic E-state index is -2.90. The van der Waals surface area contributed by atoms with Gasteiger partial charge in [-0.15, -0.1) is 0 Å². The maximum atomic E-state index is 15.5. The van der Waals surface area contributed by atoms with Crippen LogP contribution >= 0.6 is 11.6 Å². The van der Waals surface area contributed by atoms with Gasteiger partial charge in [-0.25, -0.2) is 18.3 Å². The molecule has 4 aromatic rings. The number of benzene rings is 2. The summed E-state index contributed by atoms with van der Waals surface area (Å²) in [4.78, 5) is 13.5. The highest BCUT2D eigenvalue weighted by Gasteiger charge is 2.45. The van der Waals surface area contributed by atoms with E-state index in [2.05, 4.69) is 15.3 Å². The highest BCUT2D eigenvalue weighted by Crippen LogP contribution is 2.44. The Bertz CT molecular complexity index is 1600. The van der Waals surface area contributed by atoms with Gasteiger partial charge in [0, 0.05) is 24.5 Å². The van der Waals surface area contributed by atoms with Crippen LogP contribution in [0.5, 0.6) is 0 Å². The second kappa shape index (κ2) is 8.11. The number of H-pyrrole nitrogens is 1. The minimum Gasteiger partial charge on any atom is -0.358 e. The summed E-state index contributed by atoms with van der Waals surface area (Å²) in [6, 6.07) is 8.08. The lowest BCUT2D eigenvalue weighted by atomic mass is 9.94. The largest absolute Gasteiger partial charge is 0.358 e. The van der Waals surface area contributed by atoms with Gasteiger partial charge in [-0.05, 0) is 23.8 Å². The van der Waals surface area contributed by atoms with E-state index in [1.165, 1.54) is 21.8 Å². The van der Waals surface area contributed by atoms with Crippen LogP contribution in [0.25, 0.3) is 33.2 Å². The lowest BCUT2D eigenvalue weighted by Crippen LogP contribution is -2.56. The number of halogens is 4. The van der Waals surface area contributed by atoms with Crippen LogP contribution < -0.4 is 16.2 Å².